The maximum absolute atomic E-state index is 6.25. The van der Waals surface area contributed by atoms with Crippen molar-refractivity contribution < 1.29 is 0 Å². The summed E-state index contributed by atoms with van der Waals surface area (Å²) in [5.41, 5.74) is 1.93. The lowest BCUT2D eigenvalue weighted by atomic mass is 10.1. The molecule has 0 saturated carbocycles. The molecule has 2 rings (SSSR count). The molecule has 18 heavy (non-hydrogen) atoms. The van der Waals surface area contributed by atoms with Gasteiger partial charge in [-0.25, -0.2) is 4.98 Å². The minimum Gasteiger partial charge on any atom is -0.340 e. The summed E-state index contributed by atoms with van der Waals surface area (Å²) in [5, 5.41) is 8.36. The van der Waals surface area contributed by atoms with Crippen LogP contribution in [0.5, 0.6) is 0 Å². The van der Waals surface area contributed by atoms with Gasteiger partial charge < -0.3 is 9.88 Å². The van der Waals surface area contributed by atoms with E-state index in [1.165, 1.54) is 0 Å². The summed E-state index contributed by atoms with van der Waals surface area (Å²) in [7, 11) is 1.96. The zero-order valence-electron chi connectivity index (χ0n) is 10.9. The molecule has 1 atom stereocenters. The van der Waals surface area contributed by atoms with E-state index >= 15 is 0 Å². The molecule has 0 amide bonds. The lowest BCUT2D eigenvalue weighted by molar-refractivity contribution is 0.535. The SMILES string of the molecule is CCNC(c1cn(C)cn1)c1c(Cl)cnn1CC. The van der Waals surface area contributed by atoms with Crippen molar-refractivity contribution >= 4 is 11.6 Å². The molecule has 2 aromatic rings. The summed E-state index contributed by atoms with van der Waals surface area (Å²) in [6.07, 6.45) is 5.48. The smallest absolute Gasteiger partial charge is 0.0952 e. The van der Waals surface area contributed by atoms with E-state index in [0.29, 0.717) is 5.02 Å². The fourth-order valence-electron chi connectivity index (χ4n) is 2.04. The minimum atomic E-state index is -0.0221. The van der Waals surface area contributed by atoms with Gasteiger partial charge in [0.1, 0.15) is 0 Å². The lowest BCUT2D eigenvalue weighted by Gasteiger charge is -2.17. The van der Waals surface area contributed by atoms with Crippen molar-refractivity contribution in [2.24, 2.45) is 7.05 Å². The van der Waals surface area contributed by atoms with Crippen molar-refractivity contribution in [2.45, 2.75) is 26.4 Å². The van der Waals surface area contributed by atoms with E-state index < -0.39 is 0 Å². The third-order valence-corrected chi connectivity index (χ3v) is 3.13. The number of aryl methyl sites for hydroxylation is 2. The Bertz CT molecular complexity index is 516. The van der Waals surface area contributed by atoms with Gasteiger partial charge in [-0.15, -0.1) is 0 Å². The molecule has 0 saturated heterocycles. The van der Waals surface area contributed by atoms with Gasteiger partial charge in [-0.1, -0.05) is 18.5 Å². The van der Waals surface area contributed by atoms with Crippen molar-refractivity contribution in [3.05, 3.63) is 35.1 Å². The highest BCUT2D eigenvalue weighted by Crippen LogP contribution is 2.27. The Morgan fingerprint density at radius 1 is 1.44 bits per heavy atom. The monoisotopic (exact) mass is 267 g/mol. The van der Waals surface area contributed by atoms with E-state index in [0.717, 1.165) is 24.5 Å². The van der Waals surface area contributed by atoms with Gasteiger partial charge in [0.2, 0.25) is 0 Å². The van der Waals surface area contributed by atoms with E-state index in [4.69, 9.17) is 11.6 Å². The summed E-state index contributed by atoms with van der Waals surface area (Å²) in [6, 6.07) is -0.0221. The van der Waals surface area contributed by atoms with Crippen molar-refractivity contribution in [3.8, 4) is 0 Å². The molecule has 0 bridgehead atoms. The van der Waals surface area contributed by atoms with Crippen LogP contribution in [0.3, 0.4) is 0 Å². The summed E-state index contributed by atoms with van der Waals surface area (Å²) >= 11 is 6.25. The fourth-order valence-corrected chi connectivity index (χ4v) is 2.29. The predicted octanol–water partition coefficient (Wildman–Crippen LogP) is 1.99. The Balaban J connectivity index is 2.43. The molecular formula is C12H18ClN5. The highest BCUT2D eigenvalue weighted by Gasteiger charge is 2.22. The predicted molar refractivity (Wildman–Crippen MR) is 71.6 cm³/mol. The standard InChI is InChI=1S/C12H18ClN5/c1-4-14-11(10-7-17(3)8-15-10)12-9(13)6-16-18(12)5-2/h6-8,11,14H,4-5H2,1-3H3. The van der Waals surface area contributed by atoms with Crippen molar-refractivity contribution in [3.63, 3.8) is 0 Å². The minimum absolute atomic E-state index is 0.0221. The van der Waals surface area contributed by atoms with Crippen LogP contribution in [0.4, 0.5) is 0 Å². The molecule has 0 spiro atoms. The maximum Gasteiger partial charge on any atom is 0.0952 e. The van der Waals surface area contributed by atoms with Crippen molar-refractivity contribution in [2.75, 3.05) is 6.54 Å². The van der Waals surface area contributed by atoms with Crippen LogP contribution in [0.25, 0.3) is 0 Å². The van der Waals surface area contributed by atoms with Gasteiger partial charge in [-0.2, -0.15) is 5.10 Å². The van der Waals surface area contributed by atoms with Crippen LogP contribution in [-0.2, 0) is 13.6 Å². The third-order valence-electron chi connectivity index (χ3n) is 2.84. The molecule has 5 nitrogen and oxygen atoms in total. The molecule has 98 valence electrons. The Kier molecular flexibility index (Phi) is 4.04. The van der Waals surface area contributed by atoms with Crippen molar-refractivity contribution in [1.29, 1.82) is 0 Å². The van der Waals surface area contributed by atoms with E-state index in [1.54, 1.807) is 12.5 Å². The largest absolute Gasteiger partial charge is 0.340 e. The molecule has 1 unspecified atom stereocenters. The van der Waals surface area contributed by atoms with Gasteiger partial charge in [-0.05, 0) is 13.5 Å². The van der Waals surface area contributed by atoms with Crippen LogP contribution < -0.4 is 5.32 Å². The van der Waals surface area contributed by atoms with Gasteiger partial charge in [0, 0.05) is 19.8 Å². The molecule has 0 aliphatic rings. The first-order valence-corrected chi connectivity index (χ1v) is 6.47. The van der Waals surface area contributed by atoms with E-state index in [-0.39, 0.29) is 6.04 Å². The molecule has 0 aromatic carbocycles. The third kappa shape index (κ3) is 2.42. The van der Waals surface area contributed by atoms with E-state index in [1.807, 2.05) is 29.4 Å². The summed E-state index contributed by atoms with van der Waals surface area (Å²) in [4.78, 5) is 4.41. The first-order chi connectivity index (χ1) is 8.67. The molecular weight excluding hydrogens is 250 g/mol. The zero-order chi connectivity index (χ0) is 13.1. The van der Waals surface area contributed by atoms with Crippen LogP contribution >= 0.6 is 11.6 Å². The summed E-state index contributed by atoms with van der Waals surface area (Å²) in [6.45, 7) is 5.74. The lowest BCUT2D eigenvalue weighted by Crippen LogP contribution is -2.25. The number of hydrogen-bond acceptors (Lipinski definition) is 3. The molecule has 6 heteroatoms. The first kappa shape index (κ1) is 13.1. The number of hydrogen-bond donors (Lipinski definition) is 1. The number of rotatable bonds is 5. The van der Waals surface area contributed by atoms with Gasteiger partial charge >= 0.3 is 0 Å². The first-order valence-electron chi connectivity index (χ1n) is 6.09. The van der Waals surface area contributed by atoms with Gasteiger partial charge in [-0.3, -0.25) is 4.68 Å². The Morgan fingerprint density at radius 3 is 2.78 bits per heavy atom. The molecule has 0 aliphatic heterocycles. The molecule has 2 aromatic heterocycles. The van der Waals surface area contributed by atoms with Gasteiger partial charge in [0.05, 0.1) is 35.0 Å². The average Bonchev–Trinajstić information content (AvgIpc) is 2.93. The van der Waals surface area contributed by atoms with Gasteiger partial charge in [0.25, 0.3) is 0 Å². The number of imidazole rings is 1. The highest BCUT2D eigenvalue weighted by atomic mass is 35.5. The van der Waals surface area contributed by atoms with E-state index in [2.05, 4.69) is 22.3 Å². The number of aromatic nitrogens is 4. The average molecular weight is 268 g/mol. The number of nitrogens with one attached hydrogen (secondary N) is 1. The van der Waals surface area contributed by atoms with Crippen LogP contribution in [0.2, 0.25) is 5.02 Å². The molecule has 1 N–H and O–H groups in total. The van der Waals surface area contributed by atoms with E-state index in [9.17, 15) is 0 Å². The second-order valence-electron chi connectivity index (χ2n) is 4.15. The molecule has 0 fully saturated rings. The van der Waals surface area contributed by atoms with Crippen LogP contribution in [0, 0.1) is 0 Å². The molecule has 2 heterocycles. The highest BCUT2D eigenvalue weighted by molar-refractivity contribution is 6.31. The second kappa shape index (κ2) is 5.54. The Labute approximate surface area is 112 Å². The summed E-state index contributed by atoms with van der Waals surface area (Å²) in [5.74, 6) is 0. The van der Waals surface area contributed by atoms with Crippen LogP contribution in [-0.4, -0.2) is 25.9 Å². The fraction of sp³-hybridized carbons (Fsp3) is 0.500. The Morgan fingerprint density at radius 2 is 2.22 bits per heavy atom. The van der Waals surface area contributed by atoms with Crippen LogP contribution in [0.15, 0.2) is 18.7 Å². The summed E-state index contributed by atoms with van der Waals surface area (Å²) < 4.78 is 3.84. The van der Waals surface area contributed by atoms with Gasteiger partial charge in [0.15, 0.2) is 0 Å². The normalized spacial score (nSPS) is 12.9. The van der Waals surface area contributed by atoms with Crippen molar-refractivity contribution in [1.82, 2.24) is 24.6 Å². The number of halogens is 1. The quantitative estimate of drug-likeness (QED) is 0.901. The second-order valence-corrected chi connectivity index (χ2v) is 4.56. The van der Waals surface area contributed by atoms with Crippen LogP contribution in [0.1, 0.15) is 31.3 Å². The molecule has 0 aliphatic carbocycles. The Hall–Kier alpha value is -1.33. The zero-order valence-corrected chi connectivity index (χ0v) is 11.6. The molecule has 0 radical (unpaired) electrons. The number of nitrogens with zero attached hydrogens (tertiary/aromatic N) is 4. The maximum atomic E-state index is 6.25. The topological polar surface area (TPSA) is 47.7 Å².